The van der Waals surface area contributed by atoms with Gasteiger partial charge in [-0.05, 0) is 41.7 Å². The van der Waals surface area contributed by atoms with E-state index in [0.717, 1.165) is 17.7 Å². The predicted octanol–water partition coefficient (Wildman–Crippen LogP) is 2.73. The van der Waals surface area contributed by atoms with Gasteiger partial charge < -0.3 is 15.7 Å². The van der Waals surface area contributed by atoms with Gasteiger partial charge in [0.2, 0.25) is 11.8 Å². The van der Waals surface area contributed by atoms with E-state index in [4.69, 9.17) is 0 Å². The number of nitrogens with one attached hydrogen (secondary N) is 2. The van der Waals surface area contributed by atoms with Crippen LogP contribution in [0.5, 0.6) is 0 Å². The molecular weight excluding hydrogens is 344 g/mol. The smallest absolute Gasteiger partial charge is 0.335 e. The number of aryl methyl sites for hydroxylation is 1. The van der Waals surface area contributed by atoms with Gasteiger partial charge in [-0.15, -0.1) is 0 Å². The second-order valence-electron chi connectivity index (χ2n) is 6.59. The van der Waals surface area contributed by atoms with Gasteiger partial charge in [0.25, 0.3) is 0 Å². The molecule has 0 aromatic heterocycles. The van der Waals surface area contributed by atoms with E-state index in [1.54, 1.807) is 18.2 Å². The van der Waals surface area contributed by atoms with Gasteiger partial charge in [-0.1, -0.05) is 37.3 Å². The number of rotatable bonds is 7. The number of hydrogen-bond acceptors (Lipinski definition) is 3. The van der Waals surface area contributed by atoms with E-state index in [9.17, 15) is 19.5 Å². The lowest BCUT2D eigenvalue weighted by Crippen LogP contribution is -2.28. The van der Waals surface area contributed by atoms with E-state index in [-0.39, 0.29) is 29.7 Å². The van der Waals surface area contributed by atoms with Gasteiger partial charge in [0, 0.05) is 12.2 Å². The summed E-state index contributed by atoms with van der Waals surface area (Å²) in [6.07, 6.45) is 1.39. The normalized spacial score (nSPS) is 15.1. The maximum Gasteiger partial charge on any atom is 0.335 e. The van der Waals surface area contributed by atoms with Crippen LogP contribution in [0.4, 0.5) is 5.69 Å². The zero-order valence-electron chi connectivity index (χ0n) is 15.1. The van der Waals surface area contributed by atoms with Crippen LogP contribution in [-0.4, -0.2) is 29.4 Å². The molecule has 0 fully saturated rings. The summed E-state index contributed by atoms with van der Waals surface area (Å²) >= 11 is 0. The molecule has 0 radical (unpaired) electrons. The summed E-state index contributed by atoms with van der Waals surface area (Å²) in [7, 11) is 0. The van der Waals surface area contributed by atoms with Crippen LogP contribution in [0, 0.1) is 0 Å². The summed E-state index contributed by atoms with van der Waals surface area (Å²) in [6.45, 7) is 2.41. The minimum atomic E-state index is -1.05. The van der Waals surface area contributed by atoms with Crippen molar-refractivity contribution in [3.05, 3.63) is 64.7 Å². The van der Waals surface area contributed by atoms with Crippen LogP contribution < -0.4 is 10.6 Å². The van der Waals surface area contributed by atoms with Gasteiger partial charge in [-0.2, -0.15) is 0 Å². The summed E-state index contributed by atoms with van der Waals surface area (Å²) in [4.78, 5) is 35.6. The lowest BCUT2D eigenvalue weighted by atomic mass is 9.95. The van der Waals surface area contributed by atoms with Crippen molar-refractivity contribution >= 4 is 23.5 Å². The van der Waals surface area contributed by atoms with Crippen LogP contribution in [0.25, 0.3) is 0 Å². The fourth-order valence-electron chi connectivity index (χ4n) is 3.36. The highest BCUT2D eigenvalue weighted by Crippen LogP contribution is 2.35. The molecule has 1 aliphatic rings. The molecule has 2 amide bonds. The van der Waals surface area contributed by atoms with E-state index >= 15 is 0 Å². The average Bonchev–Trinajstić information content (AvgIpc) is 2.96. The number of carbonyl (C=O) groups excluding carboxylic acids is 2. The Morgan fingerprint density at radius 3 is 2.70 bits per heavy atom. The Kier molecular flexibility index (Phi) is 5.54. The molecule has 0 aliphatic carbocycles. The molecule has 3 rings (SSSR count). The highest BCUT2D eigenvalue weighted by molar-refractivity contribution is 6.03. The lowest BCUT2D eigenvalue weighted by molar-refractivity contribution is -0.121. The van der Waals surface area contributed by atoms with Crippen molar-refractivity contribution in [2.24, 2.45) is 0 Å². The van der Waals surface area contributed by atoms with Crippen LogP contribution in [0.2, 0.25) is 0 Å². The highest BCUT2D eigenvalue weighted by atomic mass is 16.4. The molecule has 2 aromatic rings. The van der Waals surface area contributed by atoms with Crippen molar-refractivity contribution in [2.45, 2.75) is 32.1 Å². The predicted molar refractivity (Wildman–Crippen MR) is 102 cm³/mol. The molecule has 6 nitrogen and oxygen atoms in total. The minimum Gasteiger partial charge on any atom is -0.478 e. The summed E-state index contributed by atoms with van der Waals surface area (Å²) < 4.78 is 0. The molecule has 1 unspecified atom stereocenters. The third-order valence-electron chi connectivity index (χ3n) is 4.83. The number of carboxylic acids is 1. The van der Waals surface area contributed by atoms with Crippen LogP contribution in [0.15, 0.2) is 42.5 Å². The van der Waals surface area contributed by atoms with Crippen molar-refractivity contribution in [3.63, 3.8) is 0 Å². The second-order valence-corrected chi connectivity index (χ2v) is 6.59. The Labute approximate surface area is 157 Å². The monoisotopic (exact) mass is 366 g/mol. The molecular formula is C21H22N2O4. The molecule has 6 heteroatoms. The van der Waals surface area contributed by atoms with E-state index in [1.807, 2.05) is 18.2 Å². The van der Waals surface area contributed by atoms with Crippen LogP contribution >= 0.6 is 0 Å². The number of hydrogen-bond donors (Lipinski definition) is 3. The molecule has 1 aliphatic heterocycles. The van der Waals surface area contributed by atoms with Crippen LogP contribution in [0.3, 0.4) is 0 Å². The fourth-order valence-corrected chi connectivity index (χ4v) is 3.36. The minimum absolute atomic E-state index is 0.00406. The molecule has 0 spiro atoms. The number of fused-ring (bicyclic) bond motifs is 1. The Bertz CT molecular complexity index is 892. The van der Waals surface area contributed by atoms with E-state index < -0.39 is 5.97 Å². The first-order chi connectivity index (χ1) is 13.0. The summed E-state index contributed by atoms with van der Waals surface area (Å²) in [5.74, 6) is -1.64. The topological polar surface area (TPSA) is 95.5 Å². The van der Waals surface area contributed by atoms with Gasteiger partial charge in [-0.3, -0.25) is 9.59 Å². The van der Waals surface area contributed by atoms with Crippen LogP contribution in [0.1, 0.15) is 46.3 Å². The zero-order valence-corrected chi connectivity index (χ0v) is 15.1. The Balaban J connectivity index is 1.59. The van der Waals surface area contributed by atoms with Gasteiger partial charge in [-0.25, -0.2) is 4.79 Å². The standard InChI is InChI=1S/C21H22N2O4/c1-2-13-7-8-18-17(11-13)16(20(25)23-18)9-10-22-19(24)12-14-5-3-4-6-15(14)21(26)27/h3-8,11,16H,2,9-10,12H2,1H3,(H,22,24)(H,23,25)(H,26,27). The lowest BCUT2D eigenvalue weighted by Gasteiger charge is -2.11. The van der Waals surface area contributed by atoms with E-state index in [2.05, 4.69) is 17.6 Å². The Morgan fingerprint density at radius 1 is 1.19 bits per heavy atom. The molecule has 0 saturated carbocycles. The van der Waals surface area contributed by atoms with Crippen molar-refractivity contribution in [3.8, 4) is 0 Å². The molecule has 140 valence electrons. The molecule has 27 heavy (non-hydrogen) atoms. The number of benzene rings is 2. The van der Waals surface area contributed by atoms with Crippen molar-refractivity contribution < 1.29 is 19.5 Å². The Hall–Kier alpha value is -3.15. The number of carbonyl (C=O) groups is 3. The quantitative estimate of drug-likeness (QED) is 0.702. The first-order valence-electron chi connectivity index (χ1n) is 9.01. The second kappa shape index (κ2) is 8.03. The first-order valence-corrected chi connectivity index (χ1v) is 9.01. The van der Waals surface area contributed by atoms with Crippen molar-refractivity contribution in [1.29, 1.82) is 0 Å². The SMILES string of the molecule is CCc1ccc2c(c1)C(CCNC(=O)Cc1ccccc1C(=O)O)C(=O)N2. The largest absolute Gasteiger partial charge is 0.478 e. The maximum atomic E-state index is 12.2. The van der Waals surface area contributed by atoms with Gasteiger partial charge in [0.05, 0.1) is 17.9 Å². The van der Waals surface area contributed by atoms with Gasteiger partial charge in [0.15, 0.2) is 0 Å². The van der Waals surface area contributed by atoms with Gasteiger partial charge >= 0.3 is 5.97 Å². The summed E-state index contributed by atoms with van der Waals surface area (Å²) in [5, 5.41) is 14.9. The average molecular weight is 366 g/mol. The molecule has 0 bridgehead atoms. The molecule has 3 N–H and O–H groups in total. The van der Waals surface area contributed by atoms with Crippen LogP contribution in [-0.2, 0) is 22.4 Å². The van der Waals surface area contributed by atoms with Crippen molar-refractivity contribution in [1.82, 2.24) is 5.32 Å². The number of aromatic carboxylic acids is 1. The van der Waals surface area contributed by atoms with E-state index in [1.165, 1.54) is 11.6 Å². The van der Waals surface area contributed by atoms with E-state index in [0.29, 0.717) is 18.5 Å². The molecule has 1 heterocycles. The molecule has 2 aromatic carbocycles. The number of carboxylic acid groups (broad SMARTS) is 1. The maximum absolute atomic E-state index is 12.2. The highest BCUT2D eigenvalue weighted by Gasteiger charge is 2.30. The Morgan fingerprint density at radius 2 is 1.96 bits per heavy atom. The zero-order chi connectivity index (χ0) is 19.4. The molecule has 1 atom stereocenters. The first kappa shape index (κ1) is 18.6. The summed E-state index contributed by atoms with van der Waals surface area (Å²) in [5.41, 5.74) is 3.58. The van der Waals surface area contributed by atoms with Crippen molar-refractivity contribution in [2.75, 3.05) is 11.9 Å². The molecule has 0 saturated heterocycles. The fraction of sp³-hybridized carbons (Fsp3) is 0.286. The summed E-state index contributed by atoms with van der Waals surface area (Å²) in [6, 6.07) is 12.4. The van der Waals surface area contributed by atoms with Gasteiger partial charge in [0.1, 0.15) is 0 Å². The third-order valence-corrected chi connectivity index (χ3v) is 4.83. The number of anilines is 1. The third kappa shape index (κ3) is 4.16. The number of amides is 2.